The predicted octanol–water partition coefficient (Wildman–Crippen LogP) is 1.49. The Kier molecular flexibility index (Phi) is 4.33. The molecule has 1 heterocycles. The first-order valence-electron chi connectivity index (χ1n) is 5.83. The number of rotatable bonds is 3. The van der Waals surface area contributed by atoms with Gasteiger partial charge < -0.3 is 14.8 Å². The van der Waals surface area contributed by atoms with Crippen LogP contribution in [0.2, 0.25) is 0 Å². The summed E-state index contributed by atoms with van der Waals surface area (Å²) in [5, 5.41) is 3.02. The molecule has 1 saturated heterocycles. The third-order valence-electron chi connectivity index (χ3n) is 2.67. The van der Waals surface area contributed by atoms with Gasteiger partial charge >= 0.3 is 0 Å². The predicted molar refractivity (Wildman–Crippen MR) is 62.3 cm³/mol. The lowest BCUT2D eigenvalue weighted by molar-refractivity contribution is -0.133. The van der Waals surface area contributed by atoms with Crippen molar-refractivity contribution < 1.29 is 14.3 Å². The van der Waals surface area contributed by atoms with E-state index in [9.17, 15) is 4.79 Å². The van der Waals surface area contributed by atoms with E-state index in [1.165, 1.54) is 0 Å². The van der Waals surface area contributed by atoms with Crippen molar-refractivity contribution in [1.82, 2.24) is 5.32 Å². The second-order valence-electron chi connectivity index (χ2n) is 5.62. The van der Waals surface area contributed by atoms with E-state index in [1.54, 1.807) is 0 Å². The number of carbonyl (C=O) groups excluding carboxylic acids is 1. The van der Waals surface area contributed by atoms with Gasteiger partial charge in [-0.05, 0) is 40.5 Å². The Morgan fingerprint density at radius 2 is 1.94 bits per heavy atom. The molecule has 0 bridgehead atoms. The molecule has 0 unspecified atom stereocenters. The summed E-state index contributed by atoms with van der Waals surface area (Å²) in [5.74, 6) is -0.0423. The highest BCUT2D eigenvalue weighted by Crippen LogP contribution is 2.19. The van der Waals surface area contributed by atoms with Crippen LogP contribution >= 0.6 is 0 Å². The highest BCUT2D eigenvalue weighted by Gasteiger charge is 2.29. The van der Waals surface area contributed by atoms with E-state index in [0.29, 0.717) is 0 Å². The summed E-state index contributed by atoms with van der Waals surface area (Å²) in [7, 11) is 0. The van der Waals surface area contributed by atoms with Crippen LogP contribution in [0.25, 0.3) is 0 Å². The second kappa shape index (κ2) is 5.15. The summed E-state index contributed by atoms with van der Waals surface area (Å²) in [6.45, 7) is 9.45. The molecule has 1 N–H and O–H groups in total. The molecule has 0 aliphatic carbocycles. The van der Waals surface area contributed by atoms with Gasteiger partial charge in [-0.3, -0.25) is 4.79 Å². The molecule has 0 spiro atoms. The molecule has 1 fully saturated rings. The van der Waals surface area contributed by atoms with Gasteiger partial charge in [-0.25, -0.2) is 0 Å². The average molecular weight is 229 g/mol. The monoisotopic (exact) mass is 229 g/mol. The van der Waals surface area contributed by atoms with Gasteiger partial charge in [0, 0.05) is 18.8 Å². The van der Waals surface area contributed by atoms with Crippen molar-refractivity contribution in [2.45, 2.75) is 51.7 Å². The van der Waals surface area contributed by atoms with Crippen LogP contribution in [-0.2, 0) is 14.3 Å². The first-order chi connectivity index (χ1) is 7.31. The third kappa shape index (κ3) is 4.94. The number of hydrogen-bond acceptors (Lipinski definition) is 3. The van der Waals surface area contributed by atoms with Crippen molar-refractivity contribution >= 4 is 5.91 Å². The van der Waals surface area contributed by atoms with Gasteiger partial charge in [0.2, 0.25) is 5.91 Å². The number of nitrogens with one attached hydrogen (secondary N) is 1. The fourth-order valence-corrected chi connectivity index (χ4v) is 1.60. The fraction of sp³-hybridized carbons (Fsp3) is 0.917. The van der Waals surface area contributed by atoms with Crippen molar-refractivity contribution in [3.63, 3.8) is 0 Å². The Labute approximate surface area is 97.7 Å². The van der Waals surface area contributed by atoms with Crippen molar-refractivity contribution in [2.24, 2.45) is 0 Å². The number of amides is 1. The molecule has 0 atom stereocenters. The SMILES string of the molecule is CC1(NC(=O)COC(C)(C)C)CCOCC1. The highest BCUT2D eigenvalue weighted by atomic mass is 16.5. The van der Waals surface area contributed by atoms with E-state index in [4.69, 9.17) is 9.47 Å². The van der Waals surface area contributed by atoms with Crippen LogP contribution in [0.3, 0.4) is 0 Å². The van der Waals surface area contributed by atoms with Gasteiger partial charge in [0.1, 0.15) is 6.61 Å². The Morgan fingerprint density at radius 1 is 1.38 bits per heavy atom. The molecule has 1 amide bonds. The molecule has 0 aromatic heterocycles. The number of ether oxygens (including phenoxy) is 2. The molecule has 0 aromatic rings. The maximum Gasteiger partial charge on any atom is 0.246 e. The molecule has 0 radical (unpaired) electrons. The summed E-state index contributed by atoms with van der Waals surface area (Å²) in [6, 6.07) is 0. The van der Waals surface area contributed by atoms with Crippen LogP contribution in [0.5, 0.6) is 0 Å². The van der Waals surface area contributed by atoms with Crippen LogP contribution < -0.4 is 5.32 Å². The zero-order valence-electron chi connectivity index (χ0n) is 10.8. The largest absolute Gasteiger partial charge is 0.381 e. The molecule has 94 valence electrons. The third-order valence-corrected chi connectivity index (χ3v) is 2.67. The summed E-state index contributed by atoms with van der Waals surface area (Å²) in [6.07, 6.45) is 1.74. The first-order valence-corrected chi connectivity index (χ1v) is 5.83. The Balaban J connectivity index is 2.33. The minimum absolute atomic E-state index is 0.0423. The van der Waals surface area contributed by atoms with Crippen molar-refractivity contribution in [1.29, 1.82) is 0 Å². The van der Waals surface area contributed by atoms with Crippen LogP contribution in [0.1, 0.15) is 40.5 Å². The Morgan fingerprint density at radius 3 is 2.44 bits per heavy atom. The van der Waals surface area contributed by atoms with Gasteiger partial charge in [-0.1, -0.05) is 0 Å². The molecular weight excluding hydrogens is 206 g/mol. The van der Waals surface area contributed by atoms with Gasteiger partial charge in [0.15, 0.2) is 0 Å². The molecule has 1 aliphatic rings. The van der Waals surface area contributed by atoms with E-state index < -0.39 is 0 Å². The number of hydrogen-bond donors (Lipinski definition) is 1. The lowest BCUT2D eigenvalue weighted by Gasteiger charge is -2.34. The van der Waals surface area contributed by atoms with Crippen molar-refractivity contribution in [3.8, 4) is 0 Å². The molecule has 1 aliphatic heterocycles. The smallest absolute Gasteiger partial charge is 0.246 e. The number of carbonyl (C=O) groups is 1. The van der Waals surface area contributed by atoms with Crippen LogP contribution in [0.15, 0.2) is 0 Å². The molecule has 0 saturated carbocycles. The van der Waals surface area contributed by atoms with E-state index >= 15 is 0 Å². The average Bonchev–Trinajstić information content (AvgIpc) is 2.14. The van der Waals surface area contributed by atoms with E-state index in [-0.39, 0.29) is 23.7 Å². The minimum atomic E-state index is -0.270. The molecular formula is C12H23NO3. The summed E-state index contributed by atoms with van der Waals surface area (Å²) in [5.41, 5.74) is -0.398. The summed E-state index contributed by atoms with van der Waals surface area (Å²) >= 11 is 0. The lowest BCUT2D eigenvalue weighted by Crippen LogP contribution is -2.51. The maximum atomic E-state index is 11.7. The zero-order valence-corrected chi connectivity index (χ0v) is 10.8. The quantitative estimate of drug-likeness (QED) is 0.797. The Bertz CT molecular complexity index is 239. The first kappa shape index (κ1) is 13.5. The Hall–Kier alpha value is -0.610. The lowest BCUT2D eigenvalue weighted by atomic mass is 9.92. The van der Waals surface area contributed by atoms with Crippen molar-refractivity contribution in [2.75, 3.05) is 19.8 Å². The standard InChI is InChI=1S/C12H23NO3/c1-11(2,3)16-9-10(14)13-12(4)5-7-15-8-6-12/h5-9H2,1-4H3,(H,13,14). The fourth-order valence-electron chi connectivity index (χ4n) is 1.60. The zero-order chi connectivity index (χ0) is 12.2. The van der Waals surface area contributed by atoms with Gasteiger partial charge in [-0.2, -0.15) is 0 Å². The van der Waals surface area contributed by atoms with Gasteiger partial charge in [0.25, 0.3) is 0 Å². The summed E-state index contributed by atoms with van der Waals surface area (Å²) < 4.78 is 10.7. The van der Waals surface area contributed by atoms with Crippen LogP contribution in [0.4, 0.5) is 0 Å². The van der Waals surface area contributed by atoms with E-state index in [2.05, 4.69) is 12.2 Å². The minimum Gasteiger partial charge on any atom is -0.381 e. The molecule has 4 heteroatoms. The summed E-state index contributed by atoms with van der Waals surface area (Å²) in [4.78, 5) is 11.7. The van der Waals surface area contributed by atoms with E-state index in [0.717, 1.165) is 26.1 Å². The van der Waals surface area contributed by atoms with Gasteiger partial charge in [0.05, 0.1) is 5.60 Å². The maximum absolute atomic E-state index is 11.7. The molecule has 16 heavy (non-hydrogen) atoms. The van der Waals surface area contributed by atoms with Crippen molar-refractivity contribution in [3.05, 3.63) is 0 Å². The molecule has 0 aromatic carbocycles. The second-order valence-corrected chi connectivity index (χ2v) is 5.62. The topological polar surface area (TPSA) is 47.6 Å². The van der Waals surface area contributed by atoms with Gasteiger partial charge in [-0.15, -0.1) is 0 Å². The van der Waals surface area contributed by atoms with Crippen LogP contribution in [0, 0.1) is 0 Å². The highest BCUT2D eigenvalue weighted by molar-refractivity contribution is 5.78. The van der Waals surface area contributed by atoms with Crippen LogP contribution in [-0.4, -0.2) is 36.9 Å². The molecule has 4 nitrogen and oxygen atoms in total. The normalized spacial score (nSPS) is 20.5. The molecule has 1 rings (SSSR count). The van der Waals surface area contributed by atoms with E-state index in [1.807, 2.05) is 20.8 Å².